The van der Waals surface area contributed by atoms with Crippen LogP contribution in [0, 0.1) is 35.0 Å². The van der Waals surface area contributed by atoms with Gasteiger partial charge in [0.15, 0.2) is 6.04 Å². The van der Waals surface area contributed by atoms with Gasteiger partial charge in [0.05, 0.1) is 29.5 Å². The minimum absolute atomic E-state index is 0.0246. The third kappa shape index (κ3) is 9.50. The molecule has 3 N–H and O–H groups in total. The van der Waals surface area contributed by atoms with Gasteiger partial charge in [-0.1, -0.05) is 26.7 Å². The van der Waals surface area contributed by atoms with Crippen molar-refractivity contribution in [2.45, 2.75) is 52.4 Å². The highest BCUT2D eigenvalue weighted by Gasteiger charge is 2.38. The van der Waals surface area contributed by atoms with Gasteiger partial charge >= 0.3 is 12.1 Å². The van der Waals surface area contributed by atoms with Crippen molar-refractivity contribution in [1.29, 1.82) is 5.26 Å². The Balaban J connectivity index is 0.000000318. The molecule has 1 aliphatic rings. The Kier molecular flexibility index (Phi) is 12.3. The van der Waals surface area contributed by atoms with Crippen LogP contribution in [-0.4, -0.2) is 65.8 Å². The number of nitrogens with one attached hydrogen (secondary N) is 1. The second kappa shape index (κ2) is 14.4. The number of terminal acetylenes is 1. The van der Waals surface area contributed by atoms with Gasteiger partial charge in [-0.25, -0.2) is 0 Å². The van der Waals surface area contributed by atoms with E-state index in [4.69, 9.17) is 21.2 Å². The van der Waals surface area contributed by atoms with Crippen LogP contribution in [0.15, 0.2) is 11.6 Å². The van der Waals surface area contributed by atoms with Crippen LogP contribution in [0.1, 0.15) is 51.4 Å². The fraction of sp³-hybridized carbons (Fsp3) is 0.520. The van der Waals surface area contributed by atoms with Gasteiger partial charge in [-0.15, -0.1) is 17.8 Å². The van der Waals surface area contributed by atoms with Crippen LogP contribution in [0.25, 0.3) is 10.1 Å². The first kappa shape index (κ1) is 33.3. The van der Waals surface area contributed by atoms with Gasteiger partial charge in [0.1, 0.15) is 5.69 Å². The van der Waals surface area contributed by atoms with Crippen molar-refractivity contribution in [2.75, 3.05) is 20.2 Å². The smallest absolute Gasteiger partial charge is 0.381 e. The van der Waals surface area contributed by atoms with Gasteiger partial charge in [0.25, 0.3) is 0 Å². The van der Waals surface area contributed by atoms with E-state index in [0.29, 0.717) is 35.4 Å². The number of nitrogens with zero attached hydrogens (tertiary/aromatic N) is 4. The van der Waals surface area contributed by atoms with Crippen molar-refractivity contribution < 1.29 is 32.3 Å². The van der Waals surface area contributed by atoms with Crippen LogP contribution < -0.4 is 11.1 Å². The first-order valence-corrected chi connectivity index (χ1v) is 12.5. The zero-order valence-corrected chi connectivity index (χ0v) is 23.0. The first-order valence-electron chi connectivity index (χ1n) is 11.6. The van der Waals surface area contributed by atoms with Gasteiger partial charge in [-0.05, 0) is 18.3 Å². The zero-order valence-electron chi connectivity index (χ0n) is 22.2. The van der Waals surface area contributed by atoms with E-state index in [1.165, 1.54) is 11.3 Å². The van der Waals surface area contributed by atoms with Gasteiger partial charge in [0.2, 0.25) is 12.3 Å². The van der Waals surface area contributed by atoms with Crippen molar-refractivity contribution >= 4 is 39.6 Å². The van der Waals surface area contributed by atoms with Gasteiger partial charge in [0, 0.05) is 36.5 Å². The zero-order chi connectivity index (χ0) is 30.0. The normalized spacial score (nSPS) is 17.3. The predicted molar refractivity (Wildman–Crippen MR) is 139 cm³/mol. The first-order chi connectivity index (χ1) is 18.1. The lowest BCUT2D eigenvalue weighted by atomic mass is 9.84. The quantitative estimate of drug-likeness (QED) is 0.402. The van der Waals surface area contributed by atoms with E-state index in [-0.39, 0.29) is 17.4 Å². The molecule has 1 fully saturated rings. The summed E-state index contributed by atoms with van der Waals surface area (Å²) in [4.78, 5) is 33.4. The monoisotopic (exact) mass is 568 g/mol. The molecule has 2 aromatic heterocycles. The fourth-order valence-corrected chi connectivity index (χ4v) is 4.29. The average Bonchev–Trinajstić information content (AvgIpc) is 3.42. The topological polar surface area (TPSA) is 151 Å². The standard InChI is InChI=1S/C12H23NO2.C11H6N4OS.C2H2F3NO/c1-9-7-13(8-12(9,3)4)11(14)6-10(2)15-5;1-2-7-5-17-9-4-14-15-11(10(7)9)8(3-12)13-6-16;3-2(4,5)1(6)7/h9-10H,6-8H2,1-5H3;1,4-6,8H,(H,13,16);(H2,6,7)/t9?,10-;;/m1../s1. The summed E-state index contributed by atoms with van der Waals surface area (Å²) in [7, 11) is 1.65. The number of methoxy groups -OCH3 is 1. The van der Waals surface area contributed by atoms with Crippen LogP contribution in [-0.2, 0) is 19.1 Å². The van der Waals surface area contributed by atoms with Crippen LogP contribution in [0.5, 0.6) is 0 Å². The summed E-state index contributed by atoms with van der Waals surface area (Å²) in [6.07, 6.45) is 3.08. The van der Waals surface area contributed by atoms with Gasteiger partial charge in [-0.3, -0.25) is 14.4 Å². The minimum Gasteiger partial charge on any atom is -0.381 e. The molecule has 0 radical (unpaired) electrons. The second-order valence-corrected chi connectivity index (χ2v) is 10.3. The summed E-state index contributed by atoms with van der Waals surface area (Å²) in [5.41, 5.74) is 5.10. The molecule has 212 valence electrons. The van der Waals surface area contributed by atoms with E-state index >= 15 is 0 Å². The summed E-state index contributed by atoms with van der Waals surface area (Å²) in [5, 5.41) is 21.5. The largest absolute Gasteiger partial charge is 0.470 e. The molecule has 0 aliphatic carbocycles. The second-order valence-electron chi connectivity index (χ2n) is 9.39. The summed E-state index contributed by atoms with van der Waals surface area (Å²) in [6, 6.07) is 1.10. The molecule has 0 aromatic carbocycles. The molecule has 39 heavy (non-hydrogen) atoms. The molecule has 0 saturated carbocycles. The number of thiophene rings is 1. The molecule has 3 rings (SSSR count). The summed E-state index contributed by atoms with van der Waals surface area (Å²) < 4.78 is 38.1. The number of carbonyl (C=O) groups excluding carboxylic acids is 3. The number of ether oxygens (including phenoxy) is 1. The Morgan fingerprint density at radius 2 is 2.08 bits per heavy atom. The summed E-state index contributed by atoms with van der Waals surface area (Å²) in [5.74, 6) is 1.08. The van der Waals surface area contributed by atoms with E-state index in [1.807, 2.05) is 17.9 Å². The van der Waals surface area contributed by atoms with Crippen molar-refractivity contribution in [1.82, 2.24) is 20.4 Å². The third-order valence-electron chi connectivity index (χ3n) is 6.13. The molecule has 1 aliphatic heterocycles. The maximum Gasteiger partial charge on any atom is 0.470 e. The molecule has 10 nitrogen and oxygen atoms in total. The molecule has 1 saturated heterocycles. The number of alkyl halides is 3. The maximum atomic E-state index is 11.9. The number of primary amides is 1. The number of nitrogens with two attached hydrogens (primary N) is 1. The average molecular weight is 569 g/mol. The molecule has 3 heterocycles. The third-order valence-corrected chi connectivity index (χ3v) is 7.05. The van der Waals surface area contributed by atoms with Crippen LogP contribution in [0.3, 0.4) is 0 Å². The van der Waals surface area contributed by atoms with Gasteiger partial charge in [-0.2, -0.15) is 28.6 Å². The van der Waals surface area contributed by atoms with Crippen LogP contribution in [0.2, 0.25) is 0 Å². The summed E-state index contributed by atoms with van der Waals surface area (Å²) >= 11 is 1.43. The Morgan fingerprint density at radius 1 is 1.46 bits per heavy atom. The number of amides is 3. The Bertz CT molecular complexity index is 1240. The highest BCUT2D eigenvalue weighted by atomic mass is 32.1. The highest BCUT2D eigenvalue weighted by molar-refractivity contribution is 7.17. The Morgan fingerprint density at radius 3 is 2.51 bits per heavy atom. The number of halogens is 3. The number of carbonyl (C=O) groups is 3. The molecule has 2 unspecified atom stereocenters. The molecular formula is C25H31F3N6O4S. The molecule has 2 aromatic rings. The molecule has 3 atom stereocenters. The molecule has 3 amide bonds. The lowest BCUT2D eigenvalue weighted by Gasteiger charge is -2.22. The predicted octanol–water partition coefficient (Wildman–Crippen LogP) is 2.93. The lowest BCUT2D eigenvalue weighted by molar-refractivity contribution is -0.169. The molecule has 14 heteroatoms. The number of likely N-dealkylation sites (tertiary alicyclic amines) is 1. The van der Waals surface area contributed by atoms with Crippen LogP contribution in [0.4, 0.5) is 13.2 Å². The van der Waals surface area contributed by atoms with E-state index in [2.05, 4.69) is 47.9 Å². The lowest BCUT2D eigenvalue weighted by Crippen LogP contribution is -2.32. The van der Waals surface area contributed by atoms with Crippen molar-refractivity contribution in [3.63, 3.8) is 0 Å². The molecular weight excluding hydrogens is 537 g/mol. The number of hydrogen-bond donors (Lipinski definition) is 2. The maximum absolute atomic E-state index is 11.9. The number of rotatable bonds is 6. The van der Waals surface area contributed by atoms with Crippen molar-refractivity contribution in [2.24, 2.45) is 17.1 Å². The SMILES string of the molecule is C#Cc1csc2cnnc(C(C#N)NC=O)c12.CO[C@H](C)CC(=O)N1CC(C)C(C)(C)C1.NC(=O)C(F)(F)F. The minimum atomic E-state index is -4.86. The Hall–Kier alpha value is -3.75. The molecule has 0 spiro atoms. The van der Waals surface area contributed by atoms with E-state index in [1.54, 1.807) is 18.7 Å². The Labute approximate surface area is 228 Å². The van der Waals surface area contributed by atoms with Crippen molar-refractivity contribution in [3.8, 4) is 18.4 Å². The number of nitriles is 1. The number of aromatic nitrogens is 2. The van der Waals surface area contributed by atoms with E-state index in [9.17, 15) is 22.8 Å². The number of fused-ring (bicyclic) bond motifs is 1. The highest BCUT2D eigenvalue weighted by Crippen LogP contribution is 2.35. The van der Waals surface area contributed by atoms with E-state index < -0.39 is 18.1 Å². The van der Waals surface area contributed by atoms with Crippen LogP contribution >= 0.6 is 11.3 Å². The number of hydrogen-bond acceptors (Lipinski definition) is 8. The van der Waals surface area contributed by atoms with Crippen molar-refractivity contribution in [3.05, 3.63) is 22.8 Å². The van der Waals surface area contributed by atoms with Gasteiger partial charge < -0.3 is 20.7 Å². The summed E-state index contributed by atoms with van der Waals surface area (Å²) in [6.45, 7) is 10.4. The fourth-order valence-electron chi connectivity index (χ4n) is 3.42. The van der Waals surface area contributed by atoms with E-state index in [0.717, 1.165) is 17.8 Å². The molecule has 0 bridgehead atoms.